The van der Waals surface area contributed by atoms with Crippen molar-refractivity contribution in [3.05, 3.63) is 35.7 Å². The molecule has 2 aromatic heterocycles. The van der Waals surface area contributed by atoms with Crippen LogP contribution in [-0.4, -0.2) is 68.6 Å². The summed E-state index contributed by atoms with van der Waals surface area (Å²) >= 11 is 0. The summed E-state index contributed by atoms with van der Waals surface area (Å²) in [6, 6.07) is 5.08. The normalized spacial score (nSPS) is 27.0. The van der Waals surface area contributed by atoms with Crippen molar-refractivity contribution in [2.24, 2.45) is 0 Å². The van der Waals surface area contributed by atoms with E-state index in [1.165, 1.54) is 0 Å². The quantitative estimate of drug-likeness (QED) is 0.624. The van der Waals surface area contributed by atoms with E-state index in [0.29, 0.717) is 24.7 Å². The van der Waals surface area contributed by atoms with Gasteiger partial charge >= 0.3 is 6.09 Å². The lowest BCUT2D eigenvalue weighted by molar-refractivity contribution is -0.123. The van der Waals surface area contributed by atoms with E-state index in [1.807, 2.05) is 13.0 Å². The molecule has 1 saturated heterocycles. The molecule has 172 valence electrons. The molecule has 1 aliphatic heterocycles. The Bertz CT molecular complexity index is 973. The van der Waals surface area contributed by atoms with Gasteiger partial charge in [-0.15, -0.1) is 0 Å². The van der Waals surface area contributed by atoms with Gasteiger partial charge < -0.3 is 19.9 Å². The third kappa shape index (κ3) is 4.69. The van der Waals surface area contributed by atoms with Crippen LogP contribution in [0, 0.1) is 0 Å². The number of methoxy groups -OCH3 is 1. The maximum atomic E-state index is 12.3. The standard InChI is InChI=1S/C22H29N5O5/c1-13-22(2,30)12-27(13)21(29)32-16-6-5-15(9-16)17-10-18(26-25-17)24-19(28)8-14-4-7-20(31-3)23-11-14/h4,7,10-11,13,15-16,30H,5-6,8-9,12H2,1-3H3,(H2,24,25,26,28)/t13-,15+,16-,22+/m0/s1. The first kappa shape index (κ1) is 22.1. The van der Waals surface area contributed by atoms with Crippen LogP contribution in [0.25, 0.3) is 0 Å². The summed E-state index contributed by atoms with van der Waals surface area (Å²) in [5, 5.41) is 20.0. The van der Waals surface area contributed by atoms with Crippen LogP contribution in [0.15, 0.2) is 24.4 Å². The van der Waals surface area contributed by atoms with E-state index >= 15 is 0 Å². The molecule has 32 heavy (non-hydrogen) atoms. The minimum atomic E-state index is -0.849. The number of nitrogens with zero attached hydrogens (tertiary/aromatic N) is 3. The van der Waals surface area contributed by atoms with Gasteiger partial charge in [-0.2, -0.15) is 5.10 Å². The molecular weight excluding hydrogens is 414 g/mol. The van der Waals surface area contributed by atoms with Crippen LogP contribution < -0.4 is 10.1 Å². The fraction of sp³-hybridized carbons (Fsp3) is 0.545. The zero-order valence-corrected chi connectivity index (χ0v) is 18.5. The lowest BCUT2D eigenvalue weighted by Gasteiger charge is -2.50. The molecule has 3 N–H and O–H groups in total. The molecule has 2 aromatic rings. The fourth-order valence-electron chi connectivity index (χ4n) is 4.22. The second kappa shape index (κ2) is 8.78. The number of likely N-dealkylation sites (tertiary alicyclic amines) is 1. The van der Waals surface area contributed by atoms with Crippen molar-refractivity contribution in [2.45, 2.75) is 63.2 Å². The van der Waals surface area contributed by atoms with Gasteiger partial charge in [-0.05, 0) is 38.7 Å². The smallest absolute Gasteiger partial charge is 0.410 e. The van der Waals surface area contributed by atoms with E-state index in [0.717, 1.165) is 24.1 Å². The molecule has 2 aliphatic rings. The molecule has 10 nitrogen and oxygen atoms in total. The van der Waals surface area contributed by atoms with E-state index in [4.69, 9.17) is 9.47 Å². The number of pyridine rings is 1. The summed E-state index contributed by atoms with van der Waals surface area (Å²) < 4.78 is 10.7. The average Bonchev–Trinajstić information content (AvgIpc) is 3.41. The summed E-state index contributed by atoms with van der Waals surface area (Å²) in [6.07, 6.45) is 3.56. The second-order valence-corrected chi connectivity index (χ2v) is 8.82. The van der Waals surface area contributed by atoms with Gasteiger partial charge in [0.2, 0.25) is 11.8 Å². The van der Waals surface area contributed by atoms with Gasteiger partial charge in [0.05, 0.1) is 31.7 Å². The first-order valence-electron chi connectivity index (χ1n) is 10.8. The minimum Gasteiger partial charge on any atom is -0.481 e. The molecule has 0 radical (unpaired) electrons. The van der Waals surface area contributed by atoms with Crippen LogP contribution in [0.3, 0.4) is 0 Å². The Morgan fingerprint density at radius 3 is 2.84 bits per heavy atom. The first-order valence-corrected chi connectivity index (χ1v) is 10.8. The number of carbonyl (C=O) groups excluding carboxylic acids is 2. The Labute approximate surface area is 186 Å². The number of rotatable bonds is 6. The van der Waals surface area contributed by atoms with Gasteiger partial charge in [0, 0.05) is 29.9 Å². The van der Waals surface area contributed by atoms with Crippen molar-refractivity contribution in [2.75, 3.05) is 19.0 Å². The molecule has 2 fully saturated rings. The summed E-state index contributed by atoms with van der Waals surface area (Å²) in [5.41, 5.74) is 0.834. The summed E-state index contributed by atoms with van der Waals surface area (Å²) in [4.78, 5) is 30.3. The zero-order chi connectivity index (χ0) is 22.9. The largest absolute Gasteiger partial charge is 0.481 e. The number of aromatic amines is 1. The van der Waals surface area contributed by atoms with Gasteiger partial charge in [-0.3, -0.25) is 14.8 Å². The Kier molecular flexibility index (Phi) is 6.05. The number of anilines is 1. The summed E-state index contributed by atoms with van der Waals surface area (Å²) in [5.74, 6) is 0.947. The Morgan fingerprint density at radius 2 is 2.19 bits per heavy atom. The number of amides is 2. The lowest BCUT2D eigenvalue weighted by Crippen LogP contribution is -2.68. The summed E-state index contributed by atoms with van der Waals surface area (Å²) in [6.45, 7) is 3.82. The molecule has 2 amide bonds. The number of H-pyrrole nitrogens is 1. The molecule has 0 unspecified atom stereocenters. The SMILES string of the molecule is COc1ccc(CC(=O)Nc2cc([C@@H]3CC[C@H](OC(=O)N4C[C@@](C)(O)[C@@H]4C)C3)[nH]n2)cn1. The van der Waals surface area contributed by atoms with E-state index in [9.17, 15) is 14.7 Å². The predicted octanol–water partition coefficient (Wildman–Crippen LogP) is 2.22. The van der Waals surface area contributed by atoms with E-state index < -0.39 is 5.60 Å². The van der Waals surface area contributed by atoms with Crippen LogP contribution in [0.5, 0.6) is 5.88 Å². The van der Waals surface area contributed by atoms with Gasteiger partial charge in [0.1, 0.15) is 6.10 Å². The van der Waals surface area contributed by atoms with E-state index in [1.54, 1.807) is 37.3 Å². The fourth-order valence-corrected chi connectivity index (χ4v) is 4.22. The molecule has 0 aromatic carbocycles. The van der Waals surface area contributed by atoms with Crippen LogP contribution >= 0.6 is 0 Å². The topological polar surface area (TPSA) is 130 Å². The number of nitrogens with one attached hydrogen (secondary N) is 2. The Hall–Kier alpha value is -3.14. The number of hydrogen-bond acceptors (Lipinski definition) is 7. The maximum Gasteiger partial charge on any atom is 0.410 e. The number of hydrogen-bond donors (Lipinski definition) is 3. The third-order valence-corrected chi connectivity index (χ3v) is 6.42. The number of β-amino-alcohol motifs (C(OH)–C–C–N with tert-alkyl or cyclic N) is 1. The number of ether oxygens (including phenoxy) is 2. The minimum absolute atomic E-state index is 0.172. The van der Waals surface area contributed by atoms with Crippen molar-refractivity contribution in [1.82, 2.24) is 20.1 Å². The Balaban J connectivity index is 1.25. The average molecular weight is 444 g/mol. The molecular formula is C22H29N5O5. The predicted molar refractivity (Wildman–Crippen MR) is 115 cm³/mol. The molecule has 0 spiro atoms. The van der Waals surface area contributed by atoms with Crippen LogP contribution in [0.4, 0.5) is 10.6 Å². The van der Waals surface area contributed by atoms with Crippen molar-refractivity contribution >= 4 is 17.8 Å². The molecule has 0 bridgehead atoms. The van der Waals surface area contributed by atoms with Gasteiger partial charge in [-0.1, -0.05) is 6.07 Å². The van der Waals surface area contributed by atoms with Gasteiger partial charge in [-0.25, -0.2) is 9.78 Å². The second-order valence-electron chi connectivity index (χ2n) is 8.82. The molecule has 4 rings (SSSR count). The van der Waals surface area contributed by atoms with Gasteiger partial charge in [0.25, 0.3) is 0 Å². The van der Waals surface area contributed by atoms with Crippen molar-refractivity contribution in [3.8, 4) is 5.88 Å². The number of carbonyl (C=O) groups is 2. The zero-order valence-electron chi connectivity index (χ0n) is 18.5. The first-order chi connectivity index (χ1) is 15.2. The van der Waals surface area contributed by atoms with Crippen molar-refractivity contribution in [3.63, 3.8) is 0 Å². The van der Waals surface area contributed by atoms with E-state index in [2.05, 4.69) is 20.5 Å². The van der Waals surface area contributed by atoms with Crippen molar-refractivity contribution < 1.29 is 24.2 Å². The molecule has 1 aliphatic carbocycles. The van der Waals surface area contributed by atoms with Crippen LogP contribution in [0.2, 0.25) is 0 Å². The molecule has 4 atom stereocenters. The van der Waals surface area contributed by atoms with Crippen molar-refractivity contribution in [1.29, 1.82) is 0 Å². The van der Waals surface area contributed by atoms with E-state index in [-0.39, 0.29) is 36.5 Å². The highest BCUT2D eigenvalue weighted by Gasteiger charge is 2.48. The highest BCUT2D eigenvalue weighted by atomic mass is 16.6. The molecule has 1 saturated carbocycles. The lowest BCUT2D eigenvalue weighted by atomic mass is 9.87. The number of aromatic nitrogens is 3. The maximum absolute atomic E-state index is 12.3. The highest BCUT2D eigenvalue weighted by Crippen LogP contribution is 2.37. The summed E-state index contributed by atoms with van der Waals surface area (Å²) in [7, 11) is 1.54. The molecule has 3 heterocycles. The number of aliphatic hydroxyl groups is 1. The Morgan fingerprint density at radius 1 is 1.38 bits per heavy atom. The third-order valence-electron chi connectivity index (χ3n) is 6.42. The monoisotopic (exact) mass is 443 g/mol. The van der Waals surface area contributed by atoms with Gasteiger partial charge in [0.15, 0.2) is 5.82 Å². The highest BCUT2D eigenvalue weighted by molar-refractivity contribution is 5.91. The van der Waals surface area contributed by atoms with Crippen LogP contribution in [0.1, 0.15) is 50.3 Å². The molecule has 10 heteroatoms. The van der Waals surface area contributed by atoms with Crippen LogP contribution in [-0.2, 0) is 16.0 Å².